The molecule has 2 aromatic rings. The molecule has 7 heteroatoms. The van der Waals surface area contributed by atoms with Gasteiger partial charge in [0.15, 0.2) is 5.82 Å². The minimum Gasteiger partial charge on any atom is -0.381 e. The molecular weight excluding hydrogens is 374 g/mol. The zero-order chi connectivity index (χ0) is 16.4. The van der Waals surface area contributed by atoms with Crippen molar-refractivity contribution in [3.63, 3.8) is 0 Å². The number of rotatable bonds is 3. The first-order valence-corrected chi connectivity index (χ1v) is 9.14. The van der Waals surface area contributed by atoms with Gasteiger partial charge in [0, 0.05) is 28.0 Å². The quantitative estimate of drug-likeness (QED) is 0.832. The molecule has 0 atom stereocenters. The van der Waals surface area contributed by atoms with Crippen molar-refractivity contribution in [1.82, 2.24) is 9.97 Å². The molecule has 0 aliphatic carbocycles. The highest BCUT2D eigenvalue weighted by Gasteiger charge is 2.26. The van der Waals surface area contributed by atoms with E-state index in [1.807, 2.05) is 24.3 Å². The normalized spacial score (nSPS) is 17.3. The molecule has 1 saturated heterocycles. The molecule has 1 aliphatic heterocycles. The summed E-state index contributed by atoms with van der Waals surface area (Å²) < 4.78 is 1.02. The van der Waals surface area contributed by atoms with Gasteiger partial charge < -0.3 is 16.4 Å². The standard InChI is InChI=1S/C16H20BrN5S/c1-16(19)6-8-22(9-7-16)13-10-20-15(14(18)21-13)23-12-5-3-2-4-11(12)17/h2-5,10H,6-9,19H2,1H3,(H2,18,21). The Morgan fingerprint density at radius 3 is 2.61 bits per heavy atom. The monoisotopic (exact) mass is 393 g/mol. The van der Waals surface area contributed by atoms with E-state index in [0.717, 1.165) is 46.1 Å². The lowest BCUT2D eigenvalue weighted by Crippen LogP contribution is -2.48. The third kappa shape index (κ3) is 3.97. The summed E-state index contributed by atoms with van der Waals surface area (Å²) >= 11 is 5.05. The van der Waals surface area contributed by atoms with Crippen LogP contribution in [0.5, 0.6) is 0 Å². The highest BCUT2D eigenvalue weighted by Crippen LogP contribution is 2.35. The summed E-state index contributed by atoms with van der Waals surface area (Å²) in [7, 11) is 0. The molecular formula is C16H20BrN5S. The van der Waals surface area contributed by atoms with Crippen molar-refractivity contribution in [1.29, 1.82) is 0 Å². The number of piperidine rings is 1. The molecule has 23 heavy (non-hydrogen) atoms. The van der Waals surface area contributed by atoms with E-state index in [9.17, 15) is 0 Å². The number of nitrogens with two attached hydrogens (primary N) is 2. The zero-order valence-electron chi connectivity index (χ0n) is 13.0. The smallest absolute Gasteiger partial charge is 0.158 e. The van der Waals surface area contributed by atoms with Crippen LogP contribution in [-0.2, 0) is 0 Å². The first-order valence-electron chi connectivity index (χ1n) is 7.53. The number of hydrogen-bond donors (Lipinski definition) is 2. The van der Waals surface area contributed by atoms with Crippen molar-refractivity contribution in [2.45, 2.75) is 35.2 Å². The maximum Gasteiger partial charge on any atom is 0.158 e. The summed E-state index contributed by atoms with van der Waals surface area (Å²) in [5, 5.41) is 0.723. The predicted octanol–water partition coefficient (Wildman–Crippen LogP) is 3.29. The number of benzene rings is 1. The van der Waals surface area contributed by atoms with Crippen molar-refractivity contribution >= 4 is 39.3 Å². The van der Waals surface area contributed by atoms with E-state index in [-0.39, 0.29) is 5.54 Å². The lowest BCUT2D eigenvalue weighted by molar-refractivity contribution is 0.363. The fourth-order valence-electron chi connectivity index (χ4n) is 2.49. The van der Waals surface area contributed by atoms with E-state index in [4.69, 9.17) is 11.5 Å². The summed E-state index contributed by atoms with van der Waals surface area (Å²) in [6.07, 6.45) is 3.69. The predicted molar refractivity (Wildman–Crippen MR) is 98.7 cm³/mol. The summed E-state index contributed by atoms with van der Waals surface area (Å²) in [5.74, 6) is 1.29. The van der Waals surface area contributed by atoms with Crippen LogP contribution in [0.25, 0.3) is 0 Å². The van der Waals surface area contributed by atoms with E-state index in [1.54, 1.807) is 6.20 Å². The molecule has 0 radical (unpaired) electrons. The first-order chi connectivity index (χ1) is 10.9. The third-order valence-electron chi connectivity index (χ3n) is 4.02. The van der Waals surface area contributed by atoms with Gasteiger partial charge in [0.25, 0.3) is 0 Å². The molecule has 0 spiro atoms. The summed E-state index contributed by atoms with van der Waals surface area (Å²) in [6, 6.07) is 7.99. The van der Waals surface area contributed by atoms with E-state index in [2.05, 4.69) is 37.7 Å². The van der Waals surface area contributed by atoms with E-state index in [0.29, 0.717) is 5.82 Å². The van der Waals surface area contributed by atoms with Gasteiger partial charge in [0.1, 0.15) is 10.8 Å². The molecule has 5 nitrogen and oxygen atoms in total. The Labute approximate surface area is 149 Å². The molecule has 0 bridgehead atoms. The van der Waals surface area contributed by atoms with E-state index >= 15 is 0 Å². The lowest BCUT2D eigenvalue weighted by Gasteiger charge is -2.37. The van der Waals surface area contributed by atoms with Gasteiger partial charge in [-0.3, -0.25) is 0 Å². The zero-order valence-corrected chi connectivity index (χ0v) is 15.4. The average Bonchev–Trinajstić information content (AvgIpc) is 2.51. The van der Waals surface area contributed by atoms with Gasteiger partial charge in [-0.05, 0) is 47.8 Å². The van der Waals surface area contributed by atoms with Crippen LogP contribution >= 0.6 is 27.7 Å². The number of nitrogens with zero attached hydrogens (tertiary/aromatic N) is 3. The van der Waals surface area contributed by atoms with Crippen LogP contribution in [0, 0.1) is 0 Å². The number of hydrogen-bond acceptors (Lipinski definition) is 6. The fourth-order valence-corrected chi connectivity index (χ4v) is 3.80. The maximum atomic E-state index is 6.18. The van der Waals surface area contributed by atoms with Crippen molar-refractivity contribution in [2.75, 3.05) is 23.7 Å². The summed E-state index contributed by atoms with van der Waals surface area (Å²) in [5.41, 5.74) is 12.2. The van der Waals surface area contributed by atoms with Crippen LogP contribution in [0.2, 0.25) is 0 Å². The first kappa shape index (κ1) is 16.5. The molecule has 0 unspecified atom stereocenters. The molecule has 3 rings (SSSR count). The number of aromatic nitrogens is 2. The Kier molecular flexibility index (Phi) is 4.79. The van der Waals surface area contributed by atoms with Gasteiger partial charge in [-0.25, -0.2) is 9.97 Å². The molecule has 0 amide bonds. The Balaban J connectivity index is 1.75. The Hall–Kier alpha value is -1.31. The summed E-state index contributed by atoms with van der Waals surface area (Å²) in [4.78, 5) is 12.3. The summed E-state index contributed by atoms with van der Waals surface area (Å²) in [6.45, 7) is 3.87. The Morgan fingerprint density at radius 2 is 1.96 bits per heavy atom. The fraction of sp³-hybridized carbons (Fsp3) is 0.375. The number of halogens is 1. The van der Waals surface area contributed by atoms with Gasteiger partial charge in [0.2, 0.25) is 0 Å². The number of anilines is 2. The van der Waals surface area contributed by atoms with Crippen LogP contribution in [0.1, 0.15) is 19.8 Å². The molecule has 2 heterocycles. The van der Waals surface area contributed by atoms with Crippen LogP contribution in [-0.4, -0.2) is 28.6 Å². The molecule has 1 aromatic carbocycles. The average molecular weight is 394 g/mol. The highest BCUT2D eigenvalue weighted by molar-refractivity contribution is 9.10. The largest absolute Gasteiger partial charge is 0.381 e. The molecule has 4 N–H and O–H groups in total. The van der Waals surface area contributed by atoms with Crippen molar-refractivity contribution in [3.05, 3.63) is 34.9 Å². The van der Waals surface area contributed by atoms with E-state index in [1.165, 1.54) is 11.8 Å². The molecule has 1 fully saturated rings. The Bertz CT molecular complexity index is 697. The minimum absolute atomic E-state index is 0.0785. The van der Waals surface area contributed by atoms with Gasteiger partial charge in [0.05, 0.1) is 6.20 Å². The van der Waals surface area contributed by atoms with Crippen molar-refractivity contribution < 1.29 is 0 Å². The van der Waals surface area contributed by atoms with Gasteiger partial charge in [-0.2, -0.15) is 0 Å². The third-order valence-corrected chi connectivity index (χ3v) is 6.06. The van der Waals surface area contributed by atoms with E-state index < -0.39 is 0 Å². The minimum atomic E-state index is -0.0785. The lowest BCUT2D eigenvalue weighted by atomic mass is 9.91. The van der Waals surface area contributed by atoms with Gasteiger partial charge in [-0.15, -0.1) is 0 Å². The second-order valence-corrected chi connectivity index (χ2v) is 7.98. The van der Waals surface area contributed by atoms with Crippen LogP contribution in [0.3, 0.4) is 0 Å². The maximum absolute atomic E-state index is 6.18. The molecule has 122 valence electrons. The molecule has 1 aromatic heterocycles. The number of nitrogen functional groups attached to an aromatic ring is 1. The van der Waals surface area contributed by atoms with Crippen LogP contribution in [0.15, 0.2) is 44.9 Å². The van der Waals surface area contributed by atoms with Gasteiger partial charge in [-0.1, -0.05) is 23.9 Å². The highest BCUT2D eigenvalue weighted by atomic mass is 79.9. The topological polar surface area (TPSA) is 81.1 Å². The SMILES string of the molecule is CC1(N)CCN(c2cnc(Sc3ccccc3Br)c(N)n2)CC1. The second-order valence-electron chi connectivity index (χ2n) is 6.09. The van der Waals surface area contributed by atoms with Crippen LogP contribution in [0.4, 0.5) is 11.6 Å². The van der Waals surface area contributed by atoms with Crippen molar-refractivity contribution in [3.8, 4) is 0 Å². The second kappa shape index (κ2) is 6.67. The molecule has 0 saturated carbocycles. The Morgan fingerprint density at radius 1 is 1.26 bits per heavy atom. The van der Waals surface area contributed by atoms with Gasteiger partial charge >= 0.3 is 0 Å². The van der Waals surface area contributed by atoms with Crippen LogP contribution < -0.4 is 16.4 Å². The van der Waals surface area contributed by atoms with Crippen molar-refractivity contribution in [2.24, 2.45) is 5.73 Å². The molecule has 1 aliphatic rings.